The minimum Gasteiger partial charge on any atom is -0.481 e. The van der Waals surface area contributed by atoms with Crippen molar-refractivity contribution in [3.05, 3.63) is 0 Å². The van der Waals surface area contributed by atoms with Crippen molar-refractivity contribution in [3.8, 4) is 0 Å². The first kappa shape index (κ1) is 16.7. The van der Waals surface area contributed by atoms with Gasteiger partial charge >= 0.3 is 12.0 Å². The molecule has 1 atom stereocenters. The molecule has 6 nitrogen and oxygen atoms in total. The van der Waals surface area contributed by atoms with Crippen LogP contribution in [0.3, 0.4) is 0 Å². The van der Waals surface area contributed by atoms with Crippen LogP contribution in [-0.2, 0) is 4.79 Å². The van der Waals surface area contributed by atoms with Gasteiger partial charge in [0.25, 0.3) is 0 Å². The van der Waals surface area contributed by atoms with Crippen LogP contribution in [0.25, 0.3) is 0 Å². The van der Waals surface area contributed by atoms with E-state index in [9.17, 15) is 9.59 Å². The van der Waals surface area contributed by atoms with E-state index in [1.807, 2.05) is 20.9 Å². The Hall–Kier alpha value is -1.30. The molecule has 0 aromatic heterocycles. The lowest BCUT2D eigenvalue weighted by Crippen LogP contribution is -2.44. The molecule has 0 radical (unpaired) electrons. The largest absolute Gasteiger partial charge is 0.481 e. The smallest absolute Gasteiger partial charge is 0.315 e. The zero-order chi connectivity index (χ0) is 14.0. The number of rotatable bonds is 9. The van der Waals surface area contributed by atoms with Gasteiger partial charge in [-0.25, -0.2) is 4.79 Å². The molecule has 106 valence electrons. The van der Waals surface area contributed by atoms with Gasteiger partial charge in [0.15, 0.2) is 0 Å². The van der Waals surface area contributed by atoms with Crippen LogP contribution in [0.4, 0.5) is 4.79 Å². The zero-order valence-electron chi connectivity index (χ0n) is 11.5. The van der Waals surface area contributed by atoms with Crippen molar-refractivity contribution in [2.75, 3.05) is 26.7 Å². The van der Waals surface area contributed by atoms with Crippen LogP contribution < -0.4 is 10.6 Å². The normalized spacial score (nSPS) is 12.2. The van der Waals surface area contributed by atoms with Gasteiger partial charge in [-0.1, -0.05) is 20.3 Å². The minimum atomic E-state index is -0.889. The standard InChI is InChI=1S/C12H25N3O3/c1-4-6-10(9-11(16)17)14-12(18)13-7-8-15(3)5-2/h10H,4-9H2,1-3H3,(H,16,17)(H2,13,14,18). The molecule has 1 unspecified atom stereocenters. The number of hydrogen-bond donors (Lipinski definition) is 3. The fourth-order valence-corrected chi connectivity index (χ4v) is 1.54. The number of hydrogen-bond acceptors (Lipinski definition) is 3. The number of likely N-dealkylation sites (N-methyl/N-ethyl adjacent to an activating group) is 1. The number of carbonyl (C=O) groups is 2. The van der Waals surface area contributed by atoms with Crippen LogP contribution in [0.5, 0.6) is 0 Å². The van der Waals surface area contributed by atoms with Crippen molar-refractivity contribution in [1.29, 1.82) is 0 Å². The molecule has 0 spiro atoms. The molecule has 0 fully saturated rings. The molecule has 18 heavy (non-hydrogen) atoms. The van der Waals surface area contributed by atoms with Gasteiger partial charge in [-0.3, -0.25) is 4.79 Å². The fourth-order valence-electron chi connectivity index (χ4n) is 1.54. The van der Waals surface area contributed by atoms with Gasteiger partial charge in [0.05, 0.1) is 6.42 Å². The maximum Gasteiger partial charge on any atom is 0.315 e. The van der Waals surface area contributed by atoms with E-state index in [0.29, 0.717) is 13.0 Å². The molecule has 0 aliphatic heterocycles. The van der Waals surface area contributed by atoms with Crippen molar-refractivity contribution < 1.29 is 14.7 Å². The van der Waals surface area contributed by atoms with Gasteiger partial charge < -0.3 is 20.6 Å². The predicted octanol–water partition coefficient (Wildman–Crippen LogP) is 0.881. The second kappa shape index (κ2) is 9.70. The van der Waals surface area contributed by atoms with Crippen molar-refractivity contribution in [2.45, 2.75) is 39.2 Å². The van der Waals surface area contributed by atoms with Gasteiger partial charge in [-0.2, -0.15) is 0 Å². The summed E-state index contributed by atoms with van der Waals surface area (Å²) < 4.78 is 0. The summed E-state index contributed by atoms with van der Waals surface area (Å²) in [5.74, 6) is -0.889. The van der Waals surface area contributed by atoms with E-state index >= 15 is 0 Å². The van der Waals surface area contributed by atoms with Gasteiger partial charge in [0.2, 0.25) is 0 Å². The first-order chi connectivity index (χ1) is 8.49. The molecule has 0 saturated carbocycles. The second-order valence-electron chi connectivity index (χ2n) is 4.38. The number of urea groups is 1. The van der Waals surface area contributed by atoms with Crippen molar-refractivity contribution in [3.63, 3.8) is 0 Å². The van der Waals surface area contributed by atoms with Crippen LogP contribution in [-0.4, -0.2) is 54.7 Å². The molecule has 0 saturated heterocycles. The summed E-state index contributed by atoms with van der Waals surface area (Å²) in [4.78, 5) is 24.3. The van der Waals surface area contributed by atoms with Crippen LogP contribution in [0.1, 0.15) is 33.1 Å². The maximum absolute atomic E-state index is 11.5. The van der Waals surface area contributed by atoms with E-state index in [4.69, 9.17) is 5.11 Å². The second-order valence-corrected chi connectivity index (χ2v) is 4.38. The molecular formula is C12H25N3O3. The Balaban J connectivity index is 3.90. The molecule has 0 rings (SSSR count). The van der Waals surface area contributed by atoms with E-state index in [2.05, 4.69) is 15.5 Å². The molecular weight excluding hydrogens is 234 g/mol. The minimum absolute atomic E-state index is 0.0316. The molecule has 2 amide bonds. The number of carbonyl (C=O) groups excluding carboxylic acids is 1. The third kappa shape index (κ3) is 8.81. The molecule has 3 N–H and O–H groups in total. The van der Waals surface area contributed by atoms with Crippen LogP contribution >= 0.6 is 0 Å². The van der Waals surface area contributed by atoms with E-state index in [1.54, 1.807) is 0 Å². The SMILES string of the molecule is CCCC(CC(=O)O)NC(=O)NCCN(C)CC. The number of nitrogens with one attached hydrogen (secondary N) is 2. The van der Waals surface area contributed by atoms with Gasteiger partial charge in [-0.15, -0.1) is 0 Å². The number of carboxylic acid groups (broad SMARTS) is 1. The van der Waals surface area contributed by atoms with Gasteiger partial charge in [0, 0.05) is 19.1 Å². The molecule has 0 bridgehead atoms. The first-order valence-corrected chi connectivity index (χ1v) is 6.44. The highest BCUT2D eigenvalue weighted by Crippen LogP contribution is 2.01. The predicted molar refractivity (Wildman–Crippen MR) is 70.7 cm³/mol. The average molecular weight is 259 g/mol. The highest BCUT2D eigenvalue weighted by Gasteiger charge is 2.14. The van der Waals surface area contributed by atoms with Gasteiger partial charge in [-0.05, 0) is 20.0 Å². The average Bonchev–Trinajstić information content (AvgIpc) is 2.28. The monoisotopic (exact) mass is 259 g/mol. The molecule has 6 heteroatoms. The Bertz CT molecular complexity index is 259. The fraction of sp³-hybridized carbons (Fsp3) is 0.833. The van der Waals surface area contributed by atoms with E-state index < -0.39 is 5.97 Å². The van der Waals surface area contributed by atoms with Crippen molar-refractivity contribution in [2.24, 2.45) is 0 Å². The van der Waals surface area contributed by atoms with Crippen LogP contribution in [0.15, 0.2) is 0 Å². The quantitative estimate of drug-likeness (QED) is 0.574. The molecule has 0 heterocycles. The van der Waals surface area contributed by atoms with E-state index in [1.165, 1.54) is 0 Å². The van der Waals surface area contributed by atoms with Crippen molar-refractivity contribution in [1.82, 2.24) is 15.5 Å². The highest BCUT2D eigenvalue weighted by atomic mass is 16.4. The van der Waals surface area contributed by atoms with Crippen molar-refractivity contribution >= 4 is 12.0 Å². The Morgan fingerprint density at radius 2 is 2.00 bits per heavy atom. The molecule has 0 aliphatic carbocycles. The lowest BCUT2D eigenvalue weighted by Gasteiger charge is -2.18. The zero-order valence-corrected chi connectivity index (χ0v) is 11.5. The number of nitrogens with zero attached hydrogens (tertiary/aromatic N) is 1. The third-order valence-corrected chi connectivity index (χ3v) is 2.71. The third-order valence-electron chi connectivity index (χ3n) is 2.71. The Morgan fingerprint density at radius 3 is 2.50 bits per heavy atom. The summed E-state index contributed by atoms with van der Waals surface area (Å²) in [7, 11) is 1.98. The van der Waals surface area contributed by atoms with Crippen LogP contribution in [0.2, 0.25) is 0 Å². The Kier molecular flexibility index (Phi) is 9.00. The molecule has 0 aromatic carbocycles. The molecule has 0 aliphatic rings. The van der Waals surface area contributed by atoms with Gasteiger partial charge in [0.1, 0.15) is 0 Å². The lowest BCUT2D eigenvalue weighted by atomic mass is 10.1. The summed E-state index contributed by atoms with van der Waals surface area (Å²) in [5.41, 5.74) is 0. The van der Waals surface area contributed by atoms with E-state index in [-0.39, 0.29) is 18.5 Å². The van der Waals surface area contributed by atoms with E-state index in [0.717, 1.165) is 19.5 Å². The summed E-state index contributed by atoms with van der Waals surface area (Å²) in [6, 6.07) is -0.587. The number of aliphatic carboxylic acids is 1. The summed E-state index contributed by atoms with van der Waals surface area (Å²) >= 11 is 0. The number of amides is 2. The topological polar surface area (TPSA) is 81.7 Å². The van der Waals surface area contributed by atoms with Crippen LogP contribution in [0, 0.1) is 0 Å². The molecule has 0 aromatic rings. The Morgan fingerprint density at radius 1 is 1.33 bits per heavy atom. The maximum atomic E-state index is 11.5. The number of carboxylic acids is 1. The summed E-state index contributed by atoms with van der Waals surface area (Å²) in [5, 5.41) is 14.1. The highest BCUT2D eigenvalue weighted by molar-refractivity contribution is 5.75. The summed E-state index contributed by atoms with van der Waals surface area (Å²) in [6.45, 7) is 6.28. The summed E-state index contributed by atoms with van der Waals surface area (Å²) in [6.07, 6.45) is 1.49. The lowest BCUT2D eigenvalue weighted by molar-refractivity contribution is -0.137. The Labute approximate surface area is 109 Å². The first-order valence-electron chi connectivity index (χ1n) is 6.44.